The molecule has 1 fully saturated rings. The molecule has 3 rings (SSSR count). The summed E-state index contributed by atoms with van der Waals surface area (Å²) in [4.78, 5) is 11.7. The Hall–Kier alpha value is -1.36. The molecular formula is C16H24N4S. The van der Waals surface area contributed by atoms with Crippen molar-refractivity contribution in [3.63, 3.8) is 0 Å². The van der Waals surface area contributed by atoms with Crippen LogP contribution >= 0.6 is 11.3 Å². The molecule has 1 aliphatic carbocycles. The first kappa shape index (κ1) is 14.6. The number of aromatic nitrogens is 2. The number of thiophene rings is 1. The highest BCUT2D eigenvalue weighted by atomic mass is 32.1. The Labute approximate surface area is 130 Å². The maximum absolute atomic E-state index is 4.68. The van der Waals surface area contributed by atoms with E-state index in [2.05, 4.69) is 40.5 Å². The van der Waals surface area contributed by atoms with Gasteiger partial charge in [-0.05, 0) is 32.3 Å². The number of fused-ring (bicyclic) bond motifs is 1. The highest BCUT2D eigenvalue weighted by molar-refractivity contribution is 7.18. The van der Waals surface area contributed by atoms with Crippen molar-refractivity contribution in [3.8, 4) is 0 Å². The maximum Gasteiger partial charge on any atom is 0.225 e. The van der Waals surface area contributed by atoms with Crippen molar-refractivity contribution in [2.24, 2.45) is 0 Å². The van der Waals surface area contributed by atoms with Gasteiger partial charge in [-0.25, -0.2) is 4.98 Å². The predicted octanol–water partition coefficient (Wildman–Crippen LogP) is 4.43. The van der Waals surface area contributed by atoms with E-state index in [0.29, 0.717) is 5.95 Å². The van der Waals surface area contributed by atoms with Crippen LogP contribution in [-0.4, -0.2) is 22.6 Å². The molecule has 0 atom stereocenters. The first-order valence-electron chi connectivity index (χ1n) is 7.90. The quantitative estimate of drug-likeness (QED) is 0.877. The molecule has 2 N–H and O–H groups in total. The minimum Gasteiger partial charge on any atom is -0.364 e. The topological polar surface area (TPSA) is 49.8 Å². The summed E-state index contributed by atoms with van der Waals surface area (Å²) >= 11 is 1.77. The van der Waals surface area contributed by atoms with Crippen molar-refractivity contribution < 1.29 is 0 Å². The summed E-state index contributed by atoms with van der Waals surface area (Å²) in [6.07, 6.45) is 7.46. The lowest BCUT2D eigenvalue weighted by Crippen LogP contribution is -2.37. The molecule has 2 aromatic rings. The van der Waals surface area contributed by atoms with Crippen LogP contribution in [-0.2, 0) is 6.42 Å². The highest BCUT2D eigenvalue weighted by Crippen LogP contribution is 2.35. The second kappa shape index (κ2) is 5.79. The molecule has 2 heterocycles. The van der Waals surface area contributed by atoms with Crippen molar-refractivity contribution >= 4 is 33.3 Å². The highest BCUT2D eigenvalue weighted by Gasteiger charge is 2.28. The Morgan fingerprint density at radius 2 is 2.00 bits per heavy atom. The minimum atomic E-state index is 0.166. The molecule has 0 radical (unpaired) electrons. The molecule has 0 bridgehead atoms. The number of rotatable bonds is 4. The fraction of sp³-hybridized carbons (Fsp3) is 0.625. The first-order chi connectivity index (χ1) is 10.1. The van der Waals surface area contributed by atoms with Gasteiger partial charge in [-0.2, -0.15) is 4.98 Å². The number of aryl methyl sites for hydroxylation is 1. The van der Waals surface area contributed by atoms with Gasteiger partial charge in [0.25, 0.3) is 0 Å². The van der Waals surface area contributed by atoms with Crippen LogP contribution in [0.5, 0.6) is 0 Å². The fourth-order valence-corrected chi connectivity index (χ4v) is 4.06. The molecule has 0 spiro atoms. The van der Waals surface area contributed by atoms with E-state index in [4.69, 9.17) is 0 Å². The van der Waals surface area contributed by atoms with Crippen LogP contribution in [0.25, 0.3) is 10.2 Å². The molecule has 21 heavy (non-hydrogen) atoms. The average Bonchev–Trinajstić information content (AvgIpc) is 2.91. The summed E-state index contributed by atoms with van der Waals surface area (Å²) in [6, 6.07) is 2.24. The van der Waals surface area contributed by atoms with Crippen molar-refractivity contribution in [3.05, 3.63) is 10.9 Å². The number of nitrogens with zero attached hydrogens (tertiary/aromatic N) is 2. The van der Waals surface area contributed by atoms with Crippen LogP contribution in [0.2, 0.25) is 0 Å². The molecule has 4 nitrogen and oxygen atoms in total. The standard InChI is InChI=1S/C16H24N4S/c1-4-11-10-12-13(18-15(17-3)19-14(12)21-11)20-16(2)8-6-5-7-9-16/h10H,4-9H2,1-3H3,(H2,17,18,19,20). The summed E-state index contributed by atoms with van der Waals surface area (Å²) in [5.74, 6) is 1.69. The third-order valence-corrected chi connectivity index (χ3v) is 5.57. The Morgan fingerprint density at radius 1 is 1.24 bits per heavy atom. The molecule has 0 unspecified atom stereocenters. The van der Waals surface area contributed by atoms with E-state index in [1.54, 1.807) is 11.3 Å². The SMILES string of the molecule is CCc1cc2c(NC3(C)CCCCC3)nc(NC)nc2s1. The van der Waals surface area contributed by atoms with Gasteiger partial charge in [-0.1, -0.05) is 26.2 Å². The van der Waals surface area contributed by atoms with Crippen LogP contribution in [0.3, 0.4) is 0 Å². The van der Waals surface area contributed by atoms with Crippen molar-refractivity contribution in [2.75, 3.05) is 17.7 Å². The van der Waals surface area contributed by atoms with Gasteiger partial charge >= 0.3 is 0 Å². The number of hydrogen-bond donors (Lipinski definition) is 2. The van der Waals surface area contributed by atoms with E-state index in [1.165, 1.54) is 42.4 Å². The largest absolute Gasteiger partial charge is 0.364 e. The summed E-state index contributed by atoms with van der Waals surface area (Å²) in [7, 11) is 1.88. The second-order valence-corrected chi connectivity index (χ2v) is 7.29. The number of anilines is 2. The van der Waals surface area contributed by atoms with Crippen molar-refractivity contribution in [1.29, 1.82) is 0 Å². The van der Waals surface area contributed by atoms with Gasteiger partial charge in [0.15, 0.2) is 0 Å². The second-order valence-electron chi connectivity index (χ2n) is 6.18. The number of hydrogen-bond acceptors (Lipinski definition) is 5. The smallest absolute Gasteiger partial charge is 0.225 e. The zero-order valence-corrected chi connectivity index (χ0v) is 13.9. The van der Waals surface area contributed by atoms with Crippen LogP contribution in [0.1, 0.15) is 50.8 Å². The van der Waals surface area contributed by atoms with Crippen LogP contribution in [0.4, 0.5) is 11.8 Å². The van der Waals surface area contributed by atoms with Crippen molar-refractivity contribution in [1.82, 2.24) is 9.97 Å². The van der Waals surface area contributed by atoms with E-state index < -0.39 is 0 Å². The summed E-state index contributed by atoms with van der Waals surface area (Å²) < 4.78 is 0. The molecule has 114 valence electrons. The zero-order chi connectivity index (χ0) is 14.9. The van der Waals surface area contributed by atoms with Gasteiger partial charge in [0.2, 0.25) is 5.95 Å². The third kappa shape index (κ3) is 2.98. The summed E-state index contributed by atoms with van der Waals surface area (Å²) in [5, 5.41) is 7.98. The molecular weight excluding hydrogens is 280 g/mol. The molecule has 5 heteroatoms. The Bertz CT molecular complexity index is 628. The van der Waals surface area contributed by atoms with Crippen LogP contribution in [0.15, 0.2) is 6.07 Å². The molecule has 0 aromatic carbocycles. The van der Waals surface area contributed by atoms with Gasteiger partial charge in [0.05, 0.1) is 5.39 Å². The predicted molar refractivity (Wildman–Crippen MR) is 91.5 cm³/mol. The Morgan fingerprint density at radius 3 is 2.67 bits per heavy atom. The molecule has 0 aliphatic heterocycles. The lowest BCUT2D eigenvalue weighted by Gasteiger charge is -2.35. The van der Waals surface area contributed by atoms with Crippen LogP contribution in [0, 0.1) is 0 Å². The summed E-state index contributed by atoms with van der Waals surface area (Å²) in [5.41, 5.74) is 0.166. The summed E-state index contributed by atoms with van der Waals surface area (Å²) in [6.45, 7) is 4.51. The zero-order valence-electron chi connectivity index (χ0n) is 13.1. The van der Waals surface area contributed by atoms with Gasteiger partial charge in [-0.3, -0.25) is 0 Å². The van der Waals surface area contributed by atoms with Crippen molar-refractivity contribution in [2.45, 2.75) is 57.9 Å². The molecule has 1 saturated carbocycles. The normalized spacial score (nSPS) is 17.9. The van der Waals surface area contributed by atoms with Gasteiger partial charge in [0.1, 0.15) is 10.6 Å². The third-order valence-electron chi connectivity index (χ3n) is 4.39. The van der Waals surface area contributed by atoms with E-state index in [-0.39, 0.29) is 5.54 Å². The lowest BCUT2D eigenvalue weighted by atomic mass is 9.83. The molecule has 0 amide bonds. The van der Waals surface area contributed by atoms with Gasteiger partial charge in [-0.15, -0.1) is 11.3 Å². The average molecular weight is 304 g/mol. The molecule has 2 aromatic heterocycles. The minimum absolute atomic E-state index is 0.166. The van der Waals surface area contributed by atoms with E-state index in [9.17, 15) is 0 Å². The van der Waals surface area contributed by atoms with E-state index >= 15 is 0 Å². The van der Waals surface area contributed by atoms with E-state index in [0.717, 1.165) is 17.1 Å². The Kier molecular flexibility index (Phi) is 4.02. The Balaban J connectivity index is 2.00. The maximum atomic E-state index is 4.68. The molecule has 1 aliphatic rings. The van der Waals surface area contributed by atoms with Gasteiger partial charge < -0.3 is 10.6 Å². The first-order valence-corrected chi connectivity index (χ1v) is 8.71. The fourth-order valence-electron chi connectivity index (χ4n) is 3.10. The lowest BCUT2D eigenvalue weighted by molar-refractivity contribution is 0.349. The van der Waals surface area contributed by atoms with E-state index in [1.807, 2.05) is 7.05 Å². The van der Waals surface area contributed by atoms with Gasteiger partial charge in [0, 0.05) is 17.5 Å². The monoisotopic (exact) mass is 304 g/mol. The van der Waals surface area contributed by atoms with Crippen LogP contribution < -0.4 is 10.6 Å². The molecule has 0 saturated heterocycles. The number of nitrogens with one attached hydrogen (secondary N) is 2.